The number of rotatable bonds is 5. The van der Waals surface area contributed by atoms with Crippen LogP contribution in [-0.2, 0) is 6.54 Å². The fourth-order valence-electron chi connectivity index (χ4n) is 4.06. The van der Waals surface area contributed by atoms with Crippen LogP contribution in [0.3, 0.4) is 0 Å². The maximum absolute atomic E-state index is 14.3. The lowest BCUT2D eigenvalue weighted by Gasteiger charge is -2.21. The lowest BCUT2D eigenvalue weighted by molar-refractivity contribution is 0.0986. The van der Waals surface area contributed by atoms with E-state index in [1.54, 1.807) is 16.2 Å². The summed E-state index contributed by atoms with van der Waals surface area (Å²) in [7, 11) is 0. The van der Waals surface area contributed by atoms with E-state index in [-0.39, 0.29) is 5.91 Å². The highest BCUT2D eigenvalue weighted by Crippen LogP contribution is 2.35. The Balaban J connectivity index is 1.53. The first-order valence-corrected chi connectivity index (χ1v) is 13.1. The molecule has 0 N–H and O–H groups in total. The average Bonchev–Trinajstić information content (AvgIpc) is 3.58. The van der Waals surface area contributed by atoms with Gasteiger partial charge in [-0.1, -0.05) is 83.6 Å². The first kappa shape index (κ1) is 21.9. The van der Waals surface area contributed by atoms with Gasteiger partial charge in [-0.3, -0.25) is 9.69 Å². The molecule has 170 valence electrons. The van der Waals surface area contributed by atoms with Crippen LogP contribution < -0.4 is 4.90 Å². The van der Waals surface area contributed by atoms with Crippen molar-refractivity contribution in [3.8, 4) is 10.6 Å². The molecule has 3 aromatic heterocycles. The molecule has 4 nitrogen and oxygen atoms in total. The van der Waals surface area contributed by atoms with Crippen molar-refractivity contribution >= 4 is 66.4 Å². The second kappa shape index (κ2) is 9.23. The summed E-state index contributed by atoms with van der Waals surface area (Å²) in [5.74, 6) is -0.125. The SMILES string of the molecule is O=C(c1cc(-c2cccs2)nc2ccccc12)N(Cc1ccccc1)c1nc2c(Cl)cccc2s1. The van der Waals surface area contributed by atoms with E-state index in [0.29, 0.717) is 27.8 Å². The number of para-hydroxylation sites is 2. The van der Waals surface area contributed by atoms with Crippen molar-refractivity contribution in [3.05, 3.63) is 113 Å². The van der Waals surface area contributed by atoms with Crippen molar-refractivity contribution in [1.82, 2.24) is 9.97 Å². The Kier molecular flexibility index (Phi) is 5.78. The number of thiazole rings is 1. The van der Waals surface area contributed by atoms with Crippen molar-refractivity contribution in [1.29, 1.82) is 0 Å². The Morgan fingerprint density at radius 1 is 0.886 bits per heavy atom. The number of anilines is 1. The Hall–Kier alpha value is -3.58. The summed E-state index contributed by atoms with van der Waals surface area (Å²) < 4.78 is 0.942. The summed E-state index contributed by atoms with van der Waals surface area (Å²) in [6.45, 7) is 0.391. The first-order chi connectivity index (χ1) is 17.2. The standard InChI is InChI=1S/C28H18ClN3OS2/c29-21-11-6-13-25-26(21)31-28(35-25)32(17-18-8-2-1-3-9-18)27(33)20-16-23(24-14-7-15-34-24)30-22-12-5-4-10-19(20)22/h1-16H,17H2. The van der Waals surface area contributed by atoms with E-state index in [2.05, 4.69) is 0 Å². The summed E-state index contributed by atoms with van der Waals surface area (Å²) in [4.78, 5) is 26.7. The van der Waals surface area contributed by atoms with Gasteiger partial charge in [-0.25, -0.2) is 9.97 Å². The van der Waals surface area contributed by atoms with Gasteiger partial charge in [0.05, 0.1) is 37.9 Å². The number of halogens is 1. The fraction of sp³-hybridized carbons (Fsp3) is 0.0357. The summed E-state index contributed by atoms with van der Waals surface area (Å²) in [5.41, 5.74) is 3.89. The van der Waals surface area contributed by atoms with Gasteiger partial charge >= 0.3 is 0 Å². The number of benzene rings is 3. The zero-order valence-corrected chi connectivity index (χ0v) is 20.8. The van der Waals surface area contributed by atoms with Crippen molar-refractivity contribution in [3.63, 3.8) is 0 Å². The van der Waals surface area contributed by atoms with Crippen LogP contribution in [-0.4, -0.2) is 15.9 Å². The maximum Gasteiger partial charge on any atom is 0.261 e. The normalized spacial score (nSPS) is 11.2. The van der Waals surface area contributed by atoms with Crippen LogP contribution in [0.2, 0.25) is 5.02 Å². The predicted molar refractivity (Wildman–Crippen MR) is 147 cm³/mol. The van der Waals surface area contributed by atoms with Crippen molar-refractivity contribution in [2.24, 2.45) is 0 Å². The number of hydrogen-bond acceptors (Lipinski definition) is 5. The number of carbonyl (C=O) groups excluding carboxylic acids is 1. The molecular weight excluding hydrogens is 494 g/mol. The zero-order valence-electron chi connectivity index (χ0n) is 18.4. The van der Waals surface area contributed by atoms with Crippen molar-refractivity contribution in [2.75, 3.05) is 4.90 Å². The second-order valence-corrected chi connectivity index (χ2v) is 10.4. The molecule has 0 aliphatic carbocycles. The Morgan fingerprint density at radius 3 is 2.51 bits per heavy atom. The highest BCUT2D eigenvalue weighted by molar-refractivity contribution is 7.22. The van der Waals surface area contributed by atoms with Crippen LogP contribution in [0.4, 0.5) is 5.13 Å². The van der Waals surface area contributed by atoms with E-state index in [1.165, 1.54) is 11.3 Å². The molecule has 0 radical (unpaired) electrons. The summed E-state index contributed by atoms with van der Waals surface area (Å²) in [6.07, 6.45) is 0. The van der Waals surface area contributed by atoms with E-state index < -0.39 is 0 Å². The van der Waals surface area contributed by atoms with E-state index >= 15 is 0 Å². The van der Waals surface area contributed by atoms with Gasteiger partial charge < -0.3 is 0 Å². The van der Waals surface area contributed by atoms with Crippen LogP contribution in [0.1, 0.15) is 15.9 Å². The molecule has 7 heteroatoms. The fourth-order valence-corrected chi connectivity index (χ4v) is 6.01. The third-order valence-corrected chi connectivity index (χ3v) is 7.98. The van der Waals surface area contributed by atoms with Gasteiger partial charge in [0.1, 0.15) is 5.52 Å². The van der Waals surface area contributed by atoms with Crippen molar-refractivity contribution < 1.29 is 4.79 Å². The highest BCUT2D eigenvalue weighted by Gasteiger charge is 2.25. The van der Waals surface area contributed by atoms with Crippen LogP contribution in [0, 0.1) is 0 Å². The average molecular weight is 512 g/mol. The van der Waals surface area contributed by atoms with Gasteiger partial charge in [-0.15, -0.1) is 11.3 Å². The molecule has 0 saturated carbocycles. The van der Waals surface area contributed by atoms with Gasteiger partial charge in [0.2, 0.25) is 0 Å². The molecule has 0 bridgehead atoms. The Labute approximate surface area is 215 Å². The largest absolute Gasteiger partial charge is 0.279 e. The Bertz CT molecular complexity index is 1660. The van der Waals surface area contributed by atoms with Gasteiger partial charge in [-0.2, -0.15) is 0 Å². The molecule has 0 saturated heterocycles. The van der Waals surface area contributed by atoms with Gasteiger partial charge in [0.25, 0.3) is 5.91 Å². The number of nitrogens with zero attached hydrogens (tertiary/aromatic N) is 3. The molecule has 0 fully saturated rings. The molecule has 6 rings (SSSR count). The predicted octanol–water partition coefficient (Wildman–Crippen LogP) is 8.07. The lowest BCUT2D eigenvalue weighted by atomic mass is 10.1. The van der Waals surface area contributed by atoms with Crippen LogP contribution in [0.25, 0.3) is 31.7 Å². The number of amides is 1. The molecule has 0 unspecified atom stereocenters. The third-order valence-electron chi connectivity index (χ3n) is 5.74. The van der Waals surface area contributed by atoms with Gasteiger partial charge in [-0.05, 0) is 41.3 Å². The minimum absolute atomic E-state index is 0.125. The summed E-state index contributed by atoms with van der Waals surface area (Å²) in [5, 5.41) is 4.02. The quantitative estimate of drug-likeness (QED) is 0.235. The molecule has 0 aliphatic rings. The number of hydrogen-bond donors (Lipinski definition) is 0. The van der Waals surface area contributed by atoms with E-state index in [0.717, 1.165) is 31.7 Å². The molecule has 3 aromatic carbocycles. The monoisotopic (exact) mass is 511 g/mol. The molecule has 6 aromatic rings. The van der Waals surface area contributed by atoms with Crippen LogP contribution in [0.5, 0.6) is 0 Å². The molecular formula is C28H18ClN3OS2. The third kappa shape index (κ3) is 4.21. The highest BCUT2D eigenvalue weighted by atomic mass is 35.5. The molecule has 1 amide bonds. The molecule has 0 atom stereocenters. The first-order valence-electron chi connectivity index (χ1n) is 11.0. The van der Waals surface area contributed by atoms with E-state index in [9.17, 15) is 4.79 Å². The number of pyridine rings is 1. The number of aromatic nitrogens is 2. The molecule has 35 heavy (non-hydrogen) atoms. The van der Waals surface area contributed by atoms with Crippen molar-refractivity contribution in [2.45, 2.75) is 6.54 Å². The van der Waals surface area contributed by atoms with Gasteiger partial charge in [0.15, 0.2) is 5.13 Å². The van der Waals surface area contributed by atoms with E-state index in [1.807, 2.05) is 96.4 Å². The smallest absolute Gasteiger partial charge is 0.261 e. The molecule has 0 aliphatic heterocycles. The number of thiophene rings is 1. The minimum Gasteiger partial charge on any atom is -0.279 e. The number of fused-ring (bicyclic) bond motifs is 2. The maximum atomic E-state index is 14.3. The lowest BCUT2D eigenvalue weighted by Crippen LogP contribution is -2.30. The zero-order chi connectivity index (χ0) is 23.8. The second-order valence-electron chi connectivity index (χ2n) is 8.01. The minimum atomic E-state index is -0.125. The molecule has 3 heterocycles. The topological polar surface area (TPSA) is 46.1 Å². The number of carbonyl (C=O) groups is 1. The summed E-state index contributed by atoms with van der Waals surface area (Å²) in [6, 6.07) is 29.3. The van der Waals surface area contributed by atoms with E-state index in [4.69, 9.17) is 21.6 Å². The summed E-state index contributed by atoms with van der Waals surface area (Å²) >= 11 is 9.49. The van der Waals surface area contributed by atoms with Crippen LogP contribution in [0.15, 0.2) is 96.4 Å². The van der Waals surface area contributed by atoms with Gasteiger partial charge in [0, 0.05) is 5.39 Å². The Morgan fingerprint density at radius 2 is 1.71 bits per heavy atom. The van der Waals surface area contributed by atoms with Crippen LogP contribution >= 0.6 is 34.3 Å². The molecule has 0 spiro atoms.